The van der Waals surface area contributed by atoms with Crippen LogP contribution in [0.1, 0.15) is 28.0 Å². The highest BCUT2D eigenvalue weighted by molar-refractivity contribution is 7.11. The molecule has 2 aromatic heterocycles. The minimum atomic E-state index is -0.839. The summed E-state index contributed by atoms with van der Waals surface area (Å²) >= 11 is 1.49. The van der Waals surface area contributed by atoms with Gasteiger partial charge in [0, 0.05) is 36.7 Å². The summed E-state index contributed by atoms with van der Waals surface area (Å²) in [5.41, 5.74) is -0.297. The lowest BCUT2D eigenvalue weighted by atomic mass is 10.1. The van der Waals surface area contributed by atoms with E-state index in [1.54, 1.807) is 4.90 Å². The summed E-state index contributed by atoms with van der Waals surface area (Å²) in [5.74, 6) is -1.81. The molecule has 0 aliphatic carbocycles. The Balaban J connectivity index is 1.56. The number of hydrogen-bond donors (Lipinski definition) is 0. The third kappa shape index (κ3) is 4.41. The van der Waals surface area contributed by atoms with Gasteiger partial charge in [-0.15, -0.1) is 21.5 Å². The molecule has 0 bridgehead atoms. The second-order valence-corrected chi connectivity index (χ2v) is 8.42. The Morgan fingerprint density at radius 3 is 2.77 bits per heavy atom. The zero-order valence-electron chi connectivity index (χ0n) is 16.4. The standard InChI is InChI=1S/C20H17F2N5O3S/c1-11-24-25-20(31-11)12-6-7-26(10-12)19(28)9-17-18(27(29)30)5-4-16(23-17)14-3-2-13(21)8-15(14)22/h2-5,8,12H,6-7,9-10H2,1H3. The summed E-state index contributed by atoms with van der Waals surface area (Å²) in [6.45, 7) is 2.82. The number of aromatic nitrogens is 3. The van der Waals surface area contributed by atoms with Gasteiger partial charge in [0.1, 0.15) is 27.3 Å². The van der Waals surface area contributed by atoms with Gasteiger partial charge in [-0.1, -0.05) is 0 Å². The van der Waals surface area contributed by atoms with E-state index < -0.39 is 16.6 Å². The fourth-order valence-electron chi connectivity index (χ4n) is 3.56. The van der Waals surface area contributed by atoms with Crippen molar-refractivity contribution in [1.29, 1.82) is 0 Å². The van der Waals surface area contributed by atoms with E-state index in [9.17, 15) is 23.7 Å². The van der Waals surface area contributed by atoms with Crippen molar-refractivity contribution in [2.75, 3.05) is 13.1 Å². The van der Waals surface area contributed by atoms with Gasteiger partial charge in [0.2, 0.25) is 5.91 Å². The SMILES string of the molecule is Cc1nnc(C2CCN(C(=O)Cc3nc(-c4ccc(F)cc4F)ccc3[N+](=O)[O-])C2)s1. The Hall–Kier alpha value is -3.34. The highest BCUT2D eigenvalue weighted by Crippen LogP contribution is 2.31. The van der Waals surface area contributed by atoms with Crippen LogP contribution >= 0.6 is 11.3 Å². The van der Waals surface area contributed by atoms with Gasteiger partial charge < -0.3 is 4.90 Å². The quantitative estimate of drug-likeness (QED) is 0.439. The molecule has 1 aliphatic heterocycles. The van der Waals surface area contributed by atoms with Crippen LogP contribution in [0, 0.1) is 28.7 Å². The predicted octanol–water partition coefficient (Wildman–Crippen LogP) is 3.65. The molecule has 1 amide bonds. The molecule has 1 unspecified atom stereocenters. The first-order valence-electron chi connectivity index (χ1n) is 9.49. The number of nitrogens with zero attached hydrogens (tertiary/aromatic N) is 5. The molecule has 1 aliphatic rings. The molecule has 0 spiro atoms. The number of hydrogen-bond acceptors (Lipinski definition) is 7. The first-order chi connectivity index (χ1) is 14.8. The number of aryl methyl sites for hydroxylation is 1. The lowest BCUT2D eigenvalue weighted by Gasteiger charge is -2.16. The van der Waals surface area contributed by atoms with E-state index in [1.165, 1.54) is 29.5 Å². The van der Waals surface area contributed by atoms with Crippen molar-refractivity contribution in [1.82, 2.24) is 20.1 Å². The molecule has 0 radical (unpaired) electrons. The number of pyridine rings is 1. The molecule has 0 saturated carbocycles. The average Bonchev–Trinajstić information content (AvgIpc) is 3.37. The Bertz CT molecular complexity index is 1170. The molecule has 1 aromatic carbocycles. The number of carbonyl (C=O) groups excluding carboxylic acids is 1. The van der Waals surface area contributed by atoms with Gasteiger partial charge in [0.25, 0.3) is 5.69 Å². The molecule has 11 heteroatoms. The Morgan fingerprint density at radius 2 is 2.10 bits per heavy atom. The maximum Gasteiger partial charge on any atom is 0.291 e. The Kier molecular flexibility index (Phi) is 5.68. The number of likely N-dealkylation sites (tertiary alicyclic amines) is 1. The maximum atomic E-state index is 14.1. The normalized spacial score (nSPS) is 16.0. The van der Waals surface area contributed by atoms with E-state index in [0.717, 1.165) is 22.5 Å². The third-order valence-corrected chi connectivity index (χ3v) is 6.11. The molecule has 4 rings (SSSR count). The van der Waals surface area contributed by atoms with Crippen LogP contribution in [0.25, 0.3) is 11.3 Å². The molecule has 3 heterocycles. The van der Waals surface area contributed by atoms with Crippen molar-refractivity contribution in [2.45, 2.75) is 25.7 Å². The summed E-state index contributed by atoms with van der Waals surface area (Å²) in [4.78, 5) is 29.4. The molecule has 3 aromatic rings. The first-order valence-corrected chi connectivity index (χ1v) is 10.3. The van der Waals surface area contributed by atoms with Crippen molar-refractivity contribution in [2.24, 2.45) is 0 Å². The van der Waals surface area contributed by atoms with E-state index in [4.69, 9.17) is 0 Å². The Morgan fingerprint density at radius 1 is 1.29 bits per heavy atom. The Labute approximate surface area is 179 Å². The summed E-state index contributed by atoms with van der Waals surface area (Å²) in [5, 5.41) is 21.3. The van der Waals surface area contributed by atoms with E-state index in [1.807, 2.05) is 6.92 Å². The summed E-state index contributed by atoms with van der Waals surface area (Å²) < 4.78 is 27.3. The predicted molar refractivity (Wildman–Crippen MR) is 109 cm³/mol. The van der Waals surface area contributed by atoms with Crippen LogP contribution < -0.4 is 0 Å². The van der Waals surface area contributed by atoms with Crippen LogP contribution in [-0.4, -0.2) is 44.0 Å². The van der Waals surface area contributed by atoms with Crippen molar-refractivity contribution in [3.8, 4) is 11.3 Å². The smallest absolute Gasteiger partial charge is 0.291 e. The lowest BCUT2D eigenvalue weighted by molar-refractivity contribution is -0.385. The summed E-state index contributed by atoms with van der Waals surface area (Å²) in [6, 6.07) is 5.46. The fraction of sp³-hybridized carbons (Fsp3) is 0.300. The highest BCUT2D eigenvalue weighted by Gasteiger charge is 2.31. The molecule has 0 N–H and O–H groups in total. The maximum absolute atomic E-state index is 14.1. The van der Waals surface area contributed by atoms with Gasteiger partial charge in [-0.3, -0.25) is 14.9 Å². The second-order valence-electron chi connectivity index (χ2n) is 7.21. The molecular weight excluding hydrogens is 428 g/mol. The lowest BCUT2D eigenvalue weighted by Crippen LogP contribution is -2.30. The number of nitro groups is 1. The average molecular weight is 445 g/mol. The van der Waals surface area contributed by atoms with Gasteiger partial charge in [0.05, 0.1) is 17.0 Å². The van der Waals surface area contributed by atoms with E-state index in [-0.39, 0.29) is 40.9 Å². The van der Waals surface area contributed by atoms with Gasteiger partial charge in [-0.2, -0.15) is 0 Å². The number of carbonyl (C=O) groups is 1. The van der Waals surface area contributed by atoms with E-state index >= 15 is 0 Å². The van der Waals surface area contributed by atoms with Crippen molar-refractivity contribution >= 4 is 22.9 Å². The molecule has 31 heavy (non-hydrogen) atoms. The van der Waals surface area contributed by atoms with Crippen molar-refractivity contribution in [3.63, 3.8) is 0 Å². The van der Waals surface area contributed by atoms with Crippen LogP contribution in [0.2, 0.25) is 0 Å². The highest BCUT2D eigenvalue weighted by atomic mass is 32.1. The number of halogens is 2. The molecule has 1 saturated heterocycles. The van der Waals surface area contributed by atoms with Gasteiger partial charge in [-0.05, 0) is 31.5 Å². The minimum absolute atomic E-state index is 0.00197. The van der Waals surface area contributed by atoms with Crippen molar-refractivity contribution in [3.05, 3.63) is 67.8 Å². The van der Waals surface area contributed by atoms with Crippen LogP contribution in [0.3, 0.4) is 0 Å². The summed E-state index contributed by atoms with van der Waals surface area (Å²) in [7, 11) is 0. The topological polar surface area (TPSA) is 102 Å². The molecule has 1 fully saturated rings. The third-order valence-electron chi connectivity index (χ3n) is 5.10. The van der Waals surface area contributed by atoms with Crippen LogP contribution in [0.15, 0.2) is 30.3 Å². The van der Waals surface area contributed by atoms with Gasteiger partial charge >= 0.3 is 0 Å². The summed E-state index contributed by atoms with van der Waals surface area (Å²) in [6.07, 6.45) is 0.436. The minimum Gasteiger partial charge on any atom is -0.342 e. The van der Waals surface area contributed by atoms with Crippen LogP contribution in [-0.2, 0) is 11.2 Å². The van der Waals surface area contributed by atoms with Crippen LogP contribution in [0.4, 0.5) is 14.5 Å². The number of rotatable bonds is 5. The van der Waals surface area contributed by atoms with Gasteiger partial charge in [0.15, 0.2) is 0 Å². The zero-order chi connectivity index (χ0) is 22.1. The zero-order valence-corrected chi connectivity index (χ0v) is 17.2. The molecule has 8 nitrogen and oxygen atoms in total. The molecular formula is C20H17F2N5O3S. The fourth-order valence-corrected chi connectivity index (χ4v) is 4.38. The van der Waals surface area contributed by atoms with Gasteiger partial charge in [-0.25, -0.2) is 13.8 Å². The van der Waals surface area contributed by atoms with Crippen LogP contribution in [0.5, 0.6) is 0 Å². The number of amides is 1. The largest absolute Gasteiger partial charge is 0.342 e. The second kappa shape index (κ2) is 8.42. The number of benzene rings is 1. The van der Waals surface area contributed by atoms with E-state index in [0.29, 0.717) is 19.2 Å². The molecule has 1 atom stereocenters. The van der Waals surface area contributed by atoms with Crippen molar-refractivity contribution < 1.29 is 18.5 Å². The molecule has 160 valence electrons. The first kappa shape index (κ1) is 20.9. The van der Waals surface area contributed by atoms with E-state index in [2.05, 4.69) is 15.2 Å². The monoisotopic (exact) mass is 445 g/mol.